The minimum absolute atomic E-state index is 0. The molecule has 0 amide bonds. The molecule has 0 saturated heterocycles. The van der Waals surface area contributed by atoms with Gasteiger partial charge in [-0.3, -0.25) is 0 Å². The van der Waals surface area contributed by atoms with E-state index < -0.39 is 5.60 Å². The smallest absolute Gasteiger partial charge is 0.333 e. The minimum Gasteiger partial charge on any atom is -0.462 e. The molecule has 1 radical (unpaired) electrons. The molecule has 0 N–H and O–H groups in total. The third-order valence-corrected chi connectivity index (χ3v) is 1.83. The van der Waals surface area contributed by atoms with Gasteiger partial charge in [0.15, 0.2) is 0 Å². The summed E-state index contributed by atoms with van der Waals surface area (Å²) in [5, 5.41) is 0. The van der Waals surface area contributed by atoms with Gasteiger partial charge in [0, 0.05) is 40.7 Å². The molecule has 117 valence electrons. The van der Waals surface area contributed by atoms with Gasteiger partial charge in [0.2, 0.25) is 0 Å². The first-order valence-electron chi connectivity index (χ1n) is 6.72. The van der Waals surface area contributed by atoms with Crippen LogP contribution in [0.3, 0.4) is 0 Å². The fourth-order valence-corrected chi connectivity index (χ4v) is 0.798. The fourth-order valence-electron chi connectivity index (χ4n) is 0.798. The predicted molar refractivity (Wildman–Crippen MR) is 87.1 cm³/mol. The first-order chi connectivity index (χ1) is 9.01. The van der Waals surface area contributed by atoms with Gasteiger partial charge in [-0.05, 0) is 41.0 Å². The zero-order valence-electron chi connectivity index (χ0n) is 14.7. The monoisotopic (exact) mass is 307 g/mol. The van der Waals surface area contributed by atoms with Crippen LogP contribution in [0.5, 0.6) is 0 Å². The molecule has 0 fully saturated rings. The normalized spacial score (nSPS) is 9.43. The number of ether oxygens (including phenoxy) is 2. The quantitative estimate of drug-likeness (QED) is 0.338. The zero-order chi connectivity index (χ0) is 16.3. The largest absolute Gasteiger partial charge is 0.462 e. The van der Waals surface area contributed by atoms with E-state index >= 15 is 0 Å². The van der Waals surface area contributed by atoms with Gasteiger partial charge in [0.05, 0.1) is 6.61 Å². The molecule has 0 rings (SSSR count). The molecule has 21 heavy (non-hydrogen) atoms. The molecule has 0 aromatic rings. The Bertz CT molecular complexity index is 354. The Morgan fingerprint density at radius 3 is 1.67 bits per heavy atom. The summed E-state index contributed by atoms with van der Waals surface area (Å²) in [6, 6.07) is 0. The second-order valence-electron chi connectivity index (χ2n) is 5.55. The number of hydrogen-bond acceptors (Lipinski definition) is 4. The van der Waals surface area contributed by atoms with Crippen molar-refractivity contribution in [1.29, 1.82) is 0 Å². The van der Waals surface area contributed by atoms with E-state index in [1.165, 1.54) is 0 Å². The van der Waals surface area contributed by atoms with Crippen molar-refractivity contribution in [2.75, 3.05) is 6.61 Å². The first kappa shape index (κ1) is 25.4. The van der Waals surface area contributed by atoms with Crippen LogP contribution < -0.4 is 0 Å². The summed E-state index contributed by atoms with van der Waals surface area (Å²) < 4.78 is 9.77. The third-order valence-electron chi connectivity index (χ3n) is 1.83. The Balaban J connectivity index is -0.000000295. The van der Waals surface area contributed by atoms with Gasteiger partial charge >= 0.3 is 11.9 Å². The standard InChI is InChI=1S/2C8H14O2.Na/c1-6(2)7(9)10-8(3,4)5;1-4-5-6-10-8(9)7(2)3;/h1H2,2-5H3;2,4-6H2,1,3H3;. The van der Waals surface area contributed by atoms with Crippen LogP contribution in [0, 0.1) is 0 Å². The second kappa shape index (κ2) is 13.1. The Kier molecular flexibility index (Phi) is 15.8. The van der Waals surface area contributed by atoms with Gasteiger partial charge in [-0.15, -0.1) is 0 Å². The molecule has 0 aliphatic carbocycles. The summed E-state index contributed by atoms with van der Waals surface area (Å²) in [5.74, 6) is -0.610. The molecule has 0 aliphatic heterocycles. The summed E-state index contributed by atoms with van der Waals surface area (Å²) >= 11 is 0. The molecule has 0 heterocycles. The Morgan fingerprint density at radius 2 is 1.43 bits per heavy atom. The minimum atomic E-state index is -0.407. The topological polar surface area (TPSA) is 52.6 Å². The van der Waals surface area contributed by atoms with Crippen LogP contribution in [-0.2, 0) is 19.1 Å². The zero-order valence-corrected chi connectivity index (χ0v) is 16.7. The van der Waals surface area contributed by atoms with E-state index in [-0.39, 0.29) is 41.5 Å². The molecule has 0 unspecified atom stereocenters. The van der Waals surface area contributed by atoms with E-state index in [1.54, 1.807) is 13.8 Å². The maximum Gasteiger partial charge on any atom is 0.333 e. The van der Waals surface area contributed by atoms with E-state index in [4.69, 9.17) is 9.47 Å². The van der Waals surface area contributed by atoms with Gasteiger partial charge in [0.1, 0.15) is 5.60 Å². The van der Waals surface area contributed by atoms with Crippen molar-refractivity contribution in [2.24, 2.45) is 0 Å². The number of esters is 2. The van der Waals surface area contributed by atoms with Crippen LogP contribution in [0.25, 0.3) is 0 Å². The van der Waals surface area contributed by atoms with Gasteiger partial charge < -0.3 is 9.47 Å². The SMILES string of the molecule is C=C(C)C(=O)OC(C)(C)C.C=C(C)C(=O)OCCCC.[Na]. The van der Waals surface area contributed by atoms with E-state index in [2.05, 4.69) is 20.1 Å². The van der Waals surface area contributed by atoms with Crippen LogP contribution in [0.2, 0.25) is 0 Å². The van der Waals surface area contributed by atoms with Gasteiger partial charge in [-0.1, -0.05) is 26.5 Å². The molecule has 0 aromatic heterocycles. The van der Waals surface area contributed by atoms with Crippen molar-refractivity contribution in [2.45, 2.75) is 60.0 Å². The maximum absolute atomic E-state index is 10.8. The molecular weight excluding hydrogens is 279 g/mol. The number of carbonyl (C=O) groups is 2. The van der Waals surface area contributed by atoms with Gasteiger partial charge in [-0.25, -0.2) is 9.59 Å². The van der Waals surface area contributed by atoms with Gasteiger partial charge in [-0.2, -0.15) is 0 Å². The number of rotatable bonds is 5. The molecule has 0 saturated carbocycles. The Hall–Kier alpha value is -0.580. The van der Waals surface area contributed by atoms with Crippen molar-refractivity contribution in [3.63, 3.8) is 0 Å². The van der Waals surface area contributed by atoms with E-state index in [0.717, 1.165) is 12.8 Å². The predicted octanol–water partition coefficient (Wildman–Crippen LogP) is 3.43. The molecule has 0 spiro atoms. The molecule has 0 atom stereocenters. The van der Waals surface area contributed by atoms with Crippen LogP contribution in [0.4, 0.5) is 0 Å². The maximum atomic E-state index is 10.8. The van der Waals surface area contributed by atoms with Crippen molar-refractivity contribution in [1.82, 2.24) is 0 Å². The summed E-state index contributed by atoms with van der Waals surface area (Å²) in [5.41, 5.74) is 0.502. The van der Waals surface area contributed by atoms with Crippen molar-refractivity contribution < 1.29 is 19.1 Å². The second-order valence-corrected chi connectivity index (χ2v) is 5.55. The van der Waals surface area contributed by atoms with Gasteiger partial charge in [0.25, 0.3) is 0 Å². The molecular formula is C16H28NaO4. The first-order valence-corrected chi connectivity index (χ1v) is 6.72. The van der Waals surface area contributed by atoms with Crippen LogP contribution in [0.1, 0.15) is 54.4 Å². The number of unbranched alkanes of at least 4 members (excludes halogenated alkanes) is 1. The molecule has 0 aliphatic rings. The number of carbonyl (C=O) groups excluding carboxylic acids is 2. The van der Waals surface area contributed by atoms with E-state index in [0.29, 0.717) is 17.8 Å². The average molecular weight is 307 g/mol. The Morgan fingerprint density at radius 1 is 1.00 bits per heavy atom. The van der Waals surface area contributed by atoms with Crippen LogP contribution >= 0.6 is 0 Å². The van der Waals surface area contributed by atoms with E-state index in [9.17, 15) is 9.59 Å². The number of hydrogen-bond donors (Lipinski definition) is 0. The van der Waals surface area contributed by atoms with Crippen molar-refractivity contribution >= 4 is 41.5 Å². The fraction of sp³-hybridized carbons (Fsp3) is 0.625. The van der Waals surface area contributed by atoms with Crippen molar-refractivity contribution in [3.05, 3.63) is 24.3 Å². The molecule has 4 nitrogen and oxygen atoms in total. The summed E-state index contributed by atoms with van der Waals surface area (Å²) in [6.45, 7) is 18.3. The summed E-state index contributed by atoms with van der Waals surface area (Å²) in [6.07, 6.45) is 1.97. The molecule has 0 bridgehead atoms. The summed E-state index contributed by atoms with van der Waals surface area (Å²) in [7, 11) is 0. The third kappa shape index (κ3) is 19.4. The average Bonchev–Trinajstić information content (AvgIpc) is 2.27. The molecule has 0 aromatic carbocycles. The van der Waals surface area contributed by atoms with Crippen molar-refractivity contribution in [3.8, 4) is 0 Å². The summed E-state index contributed by atoms with van der Waals surface area (Å²) in [4.78, 5) is 21.5. The van der Waals surface area contributed by atoms with Crippen LogP contribution in [-0.4, -0.2) is 53.7 Å². The van der Waals surface area contributed by atoms with Crippen LogP contribution in [0.15, 0.2) is 24.3 Å². The molecule has 5 heteroatoms. The van der Waals surface area contributed by atoms with E-state index in [1.807, 2.05) is 20.8 Å². The Labute approximate surface area is 151 Å².